The monoisotopic (exact) mass is 699 g/mol. The molecule has 4 aromatic rings. The molecule has 14 nitrogen and oxygen atoms in total. The van der Waals surface area contributed by atoms with E-state index in [1.54, 1.807) is 54.5 Å². The normalized spacial score (nSPS) is 16.9. The lowest BCUT2D eigenvalue weighted by molar-refractivity contribution is -0.116. The third-order valence-corrected chi connectivity index (χ3v) is 9.84. The van der Waals surface area contributed by atoms with Crippen molar-refractivity contribution in [1.29, 1.82) is 0 Å². The number of hydrogen-bond donors (Lipinski definition) is 2. The lowest BCUT2D eigenvalue weighted by Crippen LogP contribution is -2.37. The summed E-state index contributed by atoms with van der Waals surface area (Å²) in [5.74, 6) is 2.33. The zero-order chi connectivity index (χ0) is 34.8. The summed E-state index contributed by atoms with van der Waals surface area (Å²) >= 11 is 1.82. The van der Waals surface area contributed by atoms with Gasteiger partial charge >= 0.3 is 0 Å². The van der Waals surface area contributed by atoms with Gasteiger partial charge in [0.25, 0.3) is 17.7 Å². The molecule has 2 N–H and O–H groups in total. The van der Waals surface area contributed by atoms with Crippen molar-refractivity contribution in [3.63, 3.8) is 0 Å². The zero-order valence-corrected chi connectivity index (χ0v) is 28.6. The Labute approximate surface area is 292 Å². The number of carbonyl (C=O) groups is 4. The Balaban J connectivity index is 0.917. The third kappa shape index (κ3) is 6.90. The van der Waals surface area contributed by atoms with Crippen molar-refractivity contribution in [2.24, 2.45) is 12.0 Å². The predicted molar refractivity (Wildman–Crippen MR) is 189 cm³/mol. The summed E-state index contributed by atoms with van der Waals surface area (Å²) in [5, 5.41) is 6.26. The fourth-order valence-corrected chi connectivity index (χ4v) is 7.22. The lowest BCUT2D eigenvalue weighted by atomic mass is 10.1. The molecule has 15 heteroatoms. The molecule has 3 aliphatic heterocycles. The molecular weight excluding hydrogens is 662 g/mol. The van der Waals surface area contributed by atoms with E-state index >= 15 is 0 Å². The number of anilines is 2. The summed E-state index contributed by atoms with van der Waals surface area (Å²) in [6.07, 6.45) is 5.77. The average Bonchev–Trinajstić information content (AvgIpc) is 3.85. The van der Waals surface area contributed by atoms with Crippen molar-refractivity contribution in [3.8, 4) is 11.5 Å². The van der Waals surface area contributed by atoms with Gasteiger partial charge in [-0.3, -0.25) is 24.2 Å². The highest BCUT2D eigenvalue weighted by atomic mass is 32.2. The number of rotatable bonds is 10. The van der Waals surface area contributed by atoms with E-state index in [1.807, 2.05) is 22.9 Å². The molecule has 0 spiro atoms. The van der Waals surface area contributed by atoms with E-state index in [0.29, 0.717) is 65.5 Å². The van der Waals surface area contributed by atoms with Crippen LogP contribution in [0.1, 0.15) is 57.2 Å². The van der Waals surface area contributed by atoms with E-state index in [4.69, 9.17) is 13.9 Å². The van der Waals surface area contributed by atoms with E-state index in [2.05, 4.69) is 20.6 Å². The molecular formula is C35H37N7O7S. The van der Waals surface area contributed by atoms with Gasteiger partial charge < -0.3 is 38.9 Å². The number of nitrogens with one attached hydrogen (secondary N) is 2. The highest BCUT2D eigenvalue weighted by Gasteiger charge is 2.32. The molecule has 2 fully saturated rings. The summed E-state index contributed by atoms with van der Waals surface area (Å²) in [6, 6.07) is 10.2. The molecule has 0 bridgehead atoms. The van der Waals surface area contributed by atoms with Crippen molar-refractivity contribution < 1.29 is 33.1 Å². The summed E-state index contributed by atoms with van der Waals surface area (Å²) < 4.78 is 18.8. The highest BCUT2D eigenvalue weighted by Crippen LogP contribution is 2.38. The number of fused-ring (bicyclic) bond motifs is 3. The smallest absolute Gasteiger partial charge is 0.291 e. The Morgan fingerprint density at radius 2 is 1.90 bits per heavy atom. The van der Waals surface area contributed by atoms with Crippen LogP contribution in [0.25, 0.3) is 11.0 Å². The molecule has 0 aliphatic carbocycles. The molecule has 1 unspecified atom stereocenters. The van der Waals surface area contributed by atoms with Gasteiger partial charge in [0.05, 0.1) is 31.0 Å². The van der Waals surface area contributed by atoms with E-state index in [0.717, 1.165) is 24.3 Å². The van der Waals surface area contributed by atoms with Gasteiger partial charge in [-0.15, -0.1) is 0 Å². The lowest BCUT2D eigenvalue weighted by Gasteiger charge is -2.25. The second-order valence-electron chi connectivity index (χ2n) is 12.3. The summed E-state index contributed by atoms with van der Waals surface area (Å²) in [6.45, 7) is 2.31. The summed E-state index contributed by atoms with van der Waals surface area (Å²) in [7, 11) is 3.18. The second kappa shape index (κ2) is 14.3. The topological polar surface area (TPSA) is 161 Å². The molecule has 2 aromatic carbocycles. The number of ether oxygens (including phenoxy) is 2. The van der Waals surface area contributed by atoms with Gasteiger partial charge in [-0.05, 0) is 49.6 Å². The van der Waals surface area contributed by atoms with Crippen molar-refractivity contribution in [3.05, 3.63) is 59.7 Å². The number of imidazole rings is 1. The number of thioether (sulfide) groups is 1. The minimum Gasteiger partial charge on any atom is -0.493 e. The van der Waals surface area contributed by atoms with Crippen LogP contribution in [0.3, 0.4) is 0 Å². The number of nitrogens with zero attached hydrogens (tertiary/aromatic N) is 5. The fourth-order valence-electron chi connectivity index (χ4n) is 6.31. The van der Waals surface area contributed by atoms with Gasteiger partial charge in [0.1, 0.15) is 5.58 Å². The Morgan fingerprint density at radius 1 is 1.06 bits per heavy atom. The third-order valence-electron chi connectivity index (χ3n) is 8.89. The fraction of sp³-hybridized carbons (Fsp3) is 0.371. The van der Waals surface area contributed by atoms with Crippen LogP contribution in [0.2, 0.25) is 0 Å². The quantitative estimate of drug-likeness (QED) is 0.223. The van der Waals surface area contributed by atoms with E-state index in [1.165, 1.54) is 11.7 Å². The number of aryl methyl sites for hydroxylation is 1. The second-order valence-corrected chi connectivity index (χ2v) is 13.5. The number of hydrogen-bond acceptors (Lipinski definition) is 10. The van der Waals surface area contributed by atoms with Crippen molar-refractivity contribution in [1.82, 2.24) is 19.4 Å². The maximum atomic E-state index is 13.1. The maximum Gasteiger partial charge on any atom is 0.291 e. The molecule has 2 aromatic heterocycles. The Bertz CT molecular complexity index is 2000. The minimum atomic E-state index is -0.465. The van der Waals surface area contributed by atoms with Gasteiger partial charge in [0.15, 0.2) is 23.1 Å². The van der Waals surface area contributed by atoms with Crippen LogP contribution in [-0.4, -0.2) is 100 Å². The van der Waals surface area contributed by atoms with Crippen LogP contribution in [-0.2, 0) is 11.8 Å². The van der Waals surface area contributed by atoms with Crippen molar-refractivity contribution in [2.45, 2.75) is 31.7 Å². The summed E-state index contributed by atoms with van der Waals surface area (Å²) in [4.78, 5) is 64.3. The van der Waals surface area contributed by atoms with Crippen molar-refractivity contribution >= 4 is 69.8 Å². The number of benzene rings is 2. The molecule has 4 amide bonds. The van der Waals surface area contributed by atoms with E-state index in [-0.39, 0.29) is 54.2 Å². The molecule has 2 saturated heterocycles. The first-order valence-corrected chi connectivity index (χ1v) is 17.7. The van der Waals surface area contributed by atoms with Crippen LogP contribution in [0.4, 0.5) is 17.2 Å². The number of aromatic nitrogens is 2. The average molecular weight is 700 g/mol. The molecule has 0 saturated carbocycles. The van der Waals surface area contributed by atoms with Crippen LogP contribution < -0.4 is 20.1 Å². The van der Waals surface area contributed by atoms with Crippen molar-refractivity contribution in [2.75, 3.05) is 55.5 Å². The van der Waals surface area contributed by atoms with Crippen LogP contribution in [0.15, 0.2) is 52.0 Å². The van der Waals surface area contributed by atoms with Gasteiger partial charge in [-0.25, -0.2) is 4.98 Å². The molecule has 3 aliphatic rings. The van der Waals surface area contributed by atoms with Crippen LogP contribution in [0.5, 0.6) is 11.5 Å². The number of amides is 4. The molecule has 0 radical (unpaired) electrons. The number of furan rings is 1. The van der Waals surface area contributed by atoms with Crippen LogP contribution >= 0.6 is 11.8 Å². The van der Waals surface area contributed by atoms with E-state index in [9.17, 15) is 19.2 Å². The van der Waals surface area contributed by atoms with Gasteiger partial charge in [0.2, 0.25) is 11.7 Å². The highest BCUT2D eigenvalue weighted by molar-refractivity contribution is 7.99. The standard InChI is InChI=1S/C35H37N7O7S/c1-40-20-30(39-32(40)33(44)37-22-7-8-26-21(15-22)16-29(49-26)35(46)41-10-13-50-14-11-41)38-31(43)6-4-12-48-28-18-25-24(17-27(28)47-2)34(45)42-9-3-5-23(42)19-36-25/h7-8,15-20,23H,3-6,9-14H2,1-2H3,(H,37,44)(H,38,43). The minimum absolute atomic E-state index is 0.00213. The molecule has 7 rings (SSSR count). The maximum absolute atomic E-state index is 13.1. The number of aliphatic imine (C=N–C) groups is 1. The first kappa shape index (κ1) is 33.2. The molecule has 260 valence electrons. The largest absolute Gasteiger partial charge is 0.493 e. The van der Waals surface area contributed by atoms with E-state index < -0.39 is 5.91 Å². The Kier molecular flexibility index (Phi) is 9.48. The zero-order valence-electron chi connectivity index (χ0n) is 27.8. The number of methoxy groups -OCH3 is 1. The Morgan fingerprint density at radius 3 is 2.72 bits per heavy atom. The Hall–Kier alpha value is -5.31. The molecule has 50 heavy (non-hydrogen) atoms. The number of carbonyl (C=O) groups excluding carboxylic acids is 4. The van der Waals surface area contributed by atoms with Gasteiger partial charge in [-0.2, -0.15) is 11.8 Å². The molecule has 1 atom stereocenters. The van der Waals surface area contributed by atoms with Gasteiger partial charge in [-0.1, -0.05) is 0 Å². The van der Waals surface area contributed by atoms with Crippen LogP contribution in [0, 0.1) is 0 Å². The first-order valence-electron chi connectivity index (χ1n) is 16.5. The predicted octanol–water partition coefficient (Wildman–Crippen LogP) is 4.73. The summed E-state index contributed by atoms with van der Waals surface area (Å²) in [5.41, 5.74) is 2.07. The SMILES string of the molecule is COc1cc2c(cc1OCCCC(=O)Nc1cn(C)c(C(=O)Nc3ccc4oc(C(=O)N5CCSCC5)cc4c3)n1)N=CC1CCCN1C2=O. The molecule has 5 heterocycles. The first-order chi connectivity index (χ1) is 24.3. The van der Waals surface area contributed by atoms with Gasteiger partial charge in [0, 0.05) is 74.2 Å².